The summed E-state index contributed by atoms with van der Waals surface area (Å²) >= 11 is 0. The minimum Gasteiger partial charge on any atom is -0.478 e. The van der Waals surface area contributed by atoms with Crippen LogP contribution in [0.1, 0.15) is 57.9 Å². The predicted octanol–water partition coefficient (Wildman–Crippen LogP) is 5.13. The zero-order chi connectivity index (χ0) is 23.2. The van der Waals surface area contributed by atoms with Crippen molar-refractivity contribution >= 4 is 17.6 Å². The van der Waals surface area contributed by atoms with E-state index in [1.54, 1.807) is 12.1 Å². The van der Waals surface area contributed by atoms with Crippen molar-refractivity contribution in [3.8, 4) is 0 Å². The van der Waals surface area contributed by atoms with Crippen molar-refractivity contribution < 1.29 is 14.7 Å². The Hall–Kier alpha value is -3.60. The Morgan fingerprint density at radius 1 is 0.909 bits per heavy atom. The molecule has 2 N–H and O–H groups in total. The third kappa shape index (κ3) is 5.43. The number of anilines is 1. The molecule has 1 fully saturated rings. The summed E-state index contributed by atoms with van der Waals surface area (Å²) in [7, 11) is 0. The Morgan fingerprint density at radius 2 is 1.61 bits per heavy atom. The molecule has 1 amide bonds. The molecule has 0 aromatic heterocycles. The van der Waals surface area contributed by atoms with Gasteiger partial charge in [0.15, 0.2) is 0 Å². The number of carbonyl (C=O) groups excluding carboxylic acids is 1. The summed E-state index contributed by atoms with van der Waals surface area (Å²) in [5.74, 6) is -1.07. The third-order valence-corrected chi connectivity index (χ3v) is 6.29. The summed E-state index contributed by atoms with van der Waals surface area (Å²) < 4.78 is 0. The van der Waals surface area contributed by atoms with Crippen molar-refractivity contribution in [2.24, 2.45) is 0 Å². The largest absolute Gasteiger partial charge is 0.478 e. The maximum Gasteiger partial charge on any atom is 0.335 e. The van der Waals surface area contributed by atoms with E-state index in [0.717, 1.165) is 35.3 Å². The lowest BCUT2D eigenvalue weighted by molar-refractivity contribution is -0.120. The lowest BCUT2D eigenvalue weighted by atomic mass is 9.91. The van der Waals surface area contributed by atoms with Crippen LogP contribution in [0.4, 0.5) is 5.69 Å². The van der Waals surface area contributed by atoms with Gasteiger partial charge in [0.2, 0.25) is 5.91 Å². The summed E-state index contributed by atoms with van der Waals surface area (Å²) in [6.07, 6.45) is 3.81. The molecule has 170 valence electrons. The number of rotatable bonds is 7. The molecular weight excluding hydrogens is 412 g/mol. The SMILES string of the molecule is Cc1cccc(N2CCCCC2)c1[C@@H](NC(=O)Cc1ccc(C(=O)O)cc1)c1ccccc1. The number of nitrogens with zero attached hydrogens (tertiary/aromatic N) is 1. The molecule has 5 nitrogen and oxygen atoms in total. The van der Waals surface area contributed by atoms with E-state index in [4.69, 9.17) is 5.11 Å². The highest BCUT2D eigenvalue weighted by molar-refractivity contribution is 5.88. The molecule has 0 saturated carbocycles. The highest BCUT2D eigenvalue weighted by atomic mass is 16.4. The summed E-state index contributed by atoms with van der Waals surface area (Å²) in [6, 6.07) is 22.7. The van der Waals surface area contributed by atoms with E-state index in [9.17, 15) is 9.59 Å². The summed E-state index contributed by atoms with van der Waals surface area (Å²) in [4.78, 5) is 26.7. The average molecular weight is 443 g/mol. The monoisotopic (exact) mass is 442 g/mol. The molecule has 3 aromatic rings. The van der Waals surface area contributed by atoms with Gasteiger partial charge in [0.05, 0.1) is 18.0 Å². The number of aromatic carboxylic acids is 1. The van der Waals surface area contributed by atoms with Crippen LogP contribution in [0.25, 0.3) is 0 Å². The molecule has 3 aromatic carbocycles. The van der Waals surface area contributed by atoms with Gasteiger partial charge in [0, 0.05) is 24.3 Å². The number of hydrogen-bond donors (Lipinski definition) is 2. The van der Waals surface area contributed by atoms with Gasteiger partial charge >= 0.3 is 5.97 Å². The van der Waals surface area contributed by atoms with E-state index in [0.29, 0.717) is 0 Å². The summed E-state index contributed by atoms with van der Waals surface area (Å²) in [5.41, 5.74) is 5.52. The standard InChI is InChI=1S/C28H30N2O3/c1-20-9-8-12-24(30-17-6-3-7-18-30)26(20)27(22-10-4-2-5-11-22)29-25(31)19-21-13-15-23(16-14-21)28(32)33/h2,4-5,8-16,27H,3,6-7,17-19H2,1H3,(H,29,31)(H,32,33)/t27-/m0/s1. The molecular formula is C28H30N2O3. The van der Waals surface area contributed by atoms with E-state index in [1.807, 2.05) is 18.2 Å². The van der Waals surface area contributed by atoms with Crippen LogP contribution in [0.3, 0.4) is 0 Å². The van der Waals surface area contributed by atoms with Crippen molar-refractivity contribution in [1.29, 1.82) is 0 Å². The Morgan fingerprint density at radius 3 is 2.27 bits per heavy atom. The van der Waals surface area contributed by atoms with Gasteiger partial charge in [0.25, 0.3) is 0 Å². The van der Waals surface area contributed by atoms with E-state index < -0.39 is 5.97 Å². The second-order valence-corrected chi connectivity index (χ2v) is 8.65. The van der Waals surface area contributed by atoms with Crippen LogP contribution in [0.2, 0.25) is 0 Å². The minimum absolute atomic E-state index is 0.0974. The molecule has 0 spiro atoms. The second-order valence-electron chi connectivity index (χ2n) is 8.65. The highest BCUT2D eigenvalue weighted by Gasteiger charge is 2.25. The first kappa shape index (κ1) is 22.6. The second kappa shape index (κ2) is 10.3. The molecule has 0 radical (unpaired) electrons. The molecule has 5 heteroatoms. The number of carboxylic acid groups (broad SMARTS) is 1. The van der Waals surface area contributed by atoms with E-state index in [1.165, 1.54) is 37.1 Å². The number of aryl methyl sites for hydroxylation is 1. The summed E-state index contributed by atoms with van der Waals surface area (Å²) in [5, 5.41) is 12.4. The smallest absolute Gasteiger partial charge is 0.335 e. The van der Waals surface area contributed by atoms with Crippen molar-refractivity contribution in [3.05, 3.63) is 101 Å². The highest BCUT2D eigenvalue weighted by Crippen LogP contribution is 2.35. The molecule has 1 aliphatic heterocycles. The fourth-order valence-electron chi connectivity index (χ4n) is 4.58. The third-order valence-electron chi connectivity index (χ3n) is 6.29. The number of piperidine rings is 1. The predicted molar refractivity (Wildman–Crippen MR) is 131 cm³/mol. The van der Waals surface area contributed by atoms with E-state index in [-0.39, 0.29) is 23.9 Å². The van der Waals surface area contributed by atoms with E-state index >= 15 is 0 Å². The van der Waals surface area contributed by atoms with Crippen LogP contribution in [-0.2, 0) is 11.2 Å². The van der Waals surface area contributed by atoms with Crippen LogP contribution >= 0.6 is 0 Å². The molecule has 0 unspecified atom stereocenters. The first-order valence-electron chi connectivity index (χ1n) is 11.5. The fourth-order valence-corrected chi connectivity index (χ4v) is 4.58. The molecule has 0 aliphatic carbocycles. The van der Waals surface area contributed by atoms with Crippen LogP contribution in [-0.4, -0.2) is 30.1 Å². The number of nitrogens with one attached hydrogen (secondary N) is 1. The van der Waals surface area contributed by atoms with E-state index in [2.05, 4.69) is 47.5 Å². The van der Waals surface area contributed by atoms with Gasteiger partial charge in [-0.05, 0) is 61.1 Å². The topological polar surface area (TPSA) is 69.6 Å². The fraction of sp³-hybridized carbons (Fsp3) is 0.286. The van der Waals surface area contributed by atoms with Crippen LogP contribution in [0.5, 0.6) is 0 Å². The molecule has 4 rings (SSSR count). The van der Waals surface area contributed by atoms with Gasteiger partial charge in [0.1, 0.15) is 0 Å². The maximum absolute atomic E-state index is 13.1. The van der Waals surface area contributed by atoms with Gasteiger partial charge < -0.3 is 15.3 Å². The Bertz CT molecular complexity index is 1100. The molecule has 1 atom stereocenters. The van der Waals surface area contributed by atoms with Crippen LogP contribution < -0.4 is 10.2 Å². The minimum atomic E-state index is -0.972. The van der Waals surface area contributed by atoms with Crippen LogP contribution in [0, 0.1) is 6.92 Å². The quantitative estimate of drug-likeness (QED) is 0.532. The van der Waals surface area contributed by atoms with Gasteiger partial charge in [-0.1, -0.05) is 54.6 Å². The zero-order valence-corrected chi connectivity index (χ0v) is 19.0. The first-order chi connectivity index (χ1) is 16.0. The van der Waals surface area contributed by atoms with Crippen molar-refractivity contribution in [3.63, 3.8) is 0 Å². The number of amides is 1. The number of carboxylic acids is 1. The molecule has 0 bridgehead atoms. The lowest BCUT2D eigenvalue weighted by Crippen LogP contribution is -2.35. The zero-order valence-electron chi connectivity index (χ0n) is 19.0. The number of benzene rings is 3. The molecule has 1 heterocycles. The van der Waals surface area contributed by atoms with Crippen molar-refractivity contribution in [2.45, 2.75) is 38.6 Å². The Kier molecular flexibility index (Phi) is 7.08. The van der Waals surface area contributed by atoms with Crippen molar-refractivity contribution in [1.82, 2.24) is 5.32 Å². The number of hydrogen-bond acceptors (Lipinski definition) is 3. The lowest BCUT2D eigenvalue weighted by Gasteiger charge is -2.34. The first-order valence-corrected chi connectivity index (χ1v) is 11.5. The maximum atomic E-state index is 13.1. The average Bonchev–Trinajstić information content (AvgIpc) is 2.84. The molecule has 33 heavy (non-hydrogen) atoms. The van der Waals surface area contributed by atoms with Gasteiger partial charge in [-0.15, -0.1) is 0 Å². The molecule has 1 saturated heterocycles. The Balaban J connectivity index is 1.64. The number of carbonyl (C=O) groups is 2. The Labute approximate surface area is 195 Å². The van der Waals surface area contributed by atoms with Gasteiger partial charge in [-0.2, -0.15) is 0 Å². The normalized spacial score (nSPS) is 14.5. The van der Waals surface area contributed by atoms with Crippen LogP contribution in [0.15, 0.2) is 72.8 Å². The van der Waals surface area contributed by atoms with Crippen molar-refractivity contribution in [2.75, 3.05) is 18.0 Å². The van der Waals surface area contributed by atoms with Gasteiger partial charge in [-0.3, -0.25) is 4.79 Å². The summed E-state index contributed by atoms with van der Waals surface area (Å²) in [6.45, 7) is 4.17. The molecule has 1 aliphatic rings. The van der Waals surface area contributed by atoms with Gasteiger partial charge in [-0.25, -0.2) is 4.79 Å².